The maximum absolute atomic E-state index is 12.6. The monoisotopic (exact) mass is 337 g/mol. The van der Waals surface area contributed by atoms with Gasteiger partial charge in [0.25, 0.3) is 0 Å². The van der Waals surface area contributed by atoms with Gasteiger partial charge in [-0.25, -0.2) is 15.0 Å². The number of ether oxygens (including phenoxy) is 1. The Morgan fingerprint density at radius 1 is 1.08 bits per heavy atom. The largest absolute Gasteiger partial charge is 0.460 e. The lowest BCUT2D eigenvalue weighted by molar-refractivity contribution is -0.133. The SMILES string of the molecule is O=C(Cn1cnc2ccccc21)N1CCC(Oc2ncccn2)CC1. The minimum Gasteiger partial charge on any atom is -0.460 e. The third-order valence-corrected chi connectivity index (χ3v) is 4.44. The molecule has 0 radical (unpaired) electrons. The van der Waals surface area contributed by atoms with E-state index in [0.29, 0.717) is 25.6 Å². The number of likely N-dealkylation sites (tertiary alicyclic amines) is 1. The van der Waals surface area contributed by atoms with E-state index >= 15 is 0 Å². The second-order valence-corrected chi connectivity index (χ2v) is 6.09. The number of hydrogen-bond donors (Lipinski definition) is 0. The highest BCUT2D eigenvalue weighted by Crippen LogP contribution is 2.17. The molecule has 7 heteroatoms. The van der Waals surface area contributed by atoms with Gasteiger partial charge in [0.05, 0.1) is 17.4 Å². The molecule has 1 aliphatic heterocycles. The van der Waals surface area contributed by atoms with Gasteiger partial charge in [0.1, 0.15) is 12.6 Å². The molecule has 0 bridgehead atoms. The van der Waals surface area contributed by atoms with Crippen molar-refractivity contribution in [3.05, 3.63) is 49.1 Å². The van der Waals surface area contributed by atoms with E-state index in [0.717, 1.165) is 23.9 Å². The van der Waals surface area contributed by atoms with Crippen LogP contribution in [0.3, 0.4) is 0 Å². The number of piperidine rings is 1. The molecule has 3 aromatic rings. The van der Waals surface area contributed by atoms with Crippen molar-refractivity contribution in [3.63, 3.8) is 0 Å². The fourth-order valence-corrected chi connectivity index (χ4v) is 3.10. The van der Waals surface area contributed by atoms with Crippen molar-refractivity contribution in [2.75, 3.05) is 13.1 Å². The molecule has 0 unspecified atom stereocenters. The molecule has 2 aromatic heterocycles. The van der Waals surface area contributed by atoms with E-state index < -0.39 is 0 Å². The van der Waals surface area contributed by atoms with Gasteiger partial charge in [-0.1, -0.05) is 12.1 Å². The topological polar surface area (TPSA) is 73.1 Å². The normalized spacial score (nSPS) is 15.4. The van der Waals surface area contributed by atoms with Crippen LogP contribution < -0.4 is 4.74 Å². The highest BCUT2D eigenvalue weighted by molar-refractivity contribution is 5.80. The summed E-state index contributed by atoms with van der Waals surface area (Å²) in [5.41, 5.74) is 1.89. The molecule has 1 aromatic carbocycles. The summed E-state index contributed by atoms with van der Waals surface area (Å²) in [5.74, 6) is 0.109. The number of amides is 1. The first kappa shape index (κ1) is 15.6. The molecule has 7 nitrogen and oxygen atoms in total. The summed E-state index contributed by atoms with van der Waals surface area (Å²) in [6, 6.07) is 9.99. The molecular weight excluding hydrogens is 318 g/mol. The first-order chi connectivity index (χ1) is 12.3. The smallest absolute Gasteiger partial charge is 0.316 e. The third-order valence-electron chi connectivity index (χ3n) is 4.44. The molecule has 4 rings (SSSR count). The number of para-hydroxylation sites is 2. The number of rotatable bonds is 4. The number of hydrogen-bond acceptors (Lipinski definition) is 5. The van der Waals surface area contributed by atoms with Gasteiger partial charge < -0.3 is 14.2 Å². The molecular formula is C18H19N5O2. The number of imidazole rings is 1. The highest BCUT2D eigenvalue weighted by atomic mass is 16.5. The average molecular weight is 337 g/mol. The van der Waals surface area contributed by atoms with E-state index in [1.165, 1.54) is 0 Å². The van der Waals surface area contributed by atoms with Crippen LogP contribution in [0.25, 0.3) is 11.0 Å². The number of carbonyl (C=O) groups is 1. The van der Waals surface area contributed by atoms with E-state index in [4.69, 9.17) is 4.74 Å². The van der Waals surface area contributed by atoms with Gasteiger partial charge in [-0.3, -0.25) is 4.79 Å². The van der Waals surface area contributed by atoms with Crippen LogP contribution in [0.1, 0.15) is 12.8 Å². The predicted octanol–water partition coefficient (Wildman–Crippen LogP) is 1.90. The van der Waals surface area contributed by atoms with Crippen LogP contribution in [-0.4, -0.2) is 49.5 Å². The first-order valence-electron chi connectivity index (χ1n) is 8.41. The van der Waals surface area contributed by atoms with Crippen LogP contribution >= 0.6 is 0 Å². The lowest BCUT2D eigenvalue weighted by Crippen LogP contribution is -2.43. The zero-order valence-electron chi connectivity index (χ0n) is 13.8. The van der Waals surface area contributed by atoms with Gasteiger partial charge in [0, 0.05) is 38.3 Å². The van der Waals surface area contributed by atoms with Gasteiger partial charge in [0.2, 0.25) is 5.91 Å². The molecule has 1 saturated heterocycles. The second-order valence-electron chi connectivity index (χ2n) is 6.09. The molecule has 1 aliphatic rings. The van der Waals surface area contributed by atoms with Crippen LogP contribution in [0.2, 0.25) is 0 Å². The maximum atomic E-state index is 12.6. The molecule has 0 atom stereocenters. The lowest BCUT2D eigenvalue weighted by atomic mass is 10.1. The Hall–Kier alpha value is -2.96. The lowest BCUT2D eigenvalue weighted by Gasteiger charge is -2.31. The Kier molecular flexibility index (Phi) is 4.28. The molecule has 0 saturated carbocycles. The minimum absolute atomic E-state index is 0.0560. The van der Waals surface area contributed by atoms with Crippen LogP contribution in [-0.2, 0) is 11.3 Å². The summed E-state index contributed by atoms with van der Waals surface area (Å²) in [5, 5.41) is 0. The van der Waals surface area contributed by atoms with Crippen molar-refractivity contribution < 1.29 is 9.53 Å². The van der Waals surface area contributed by atoms with E-state index in [-0.39, 0.29) is 12.0 Å². The summed E-state index contributed by atoms with van der Waals surface area (Å²) in [4.78, 5) is 27.0. The molecule has 1 amide bonds. The number of aromatic nitrogens is 4. The highest BCUT2D eigenvalue weighted by Gasteiger charge is 2.24. The van der Waals surface area contributed by atoms with Gasteiger partial charge in [-0.15, -0.1) is 0 Å². The molecule has 3 heterocycles. The maximum Gasteiger partial charge on any atom is 0.316 e. The summed E-state index contributed by atoms with van der Waals surface area (Å²) in [6.07, 6.45) is 6.68. The second kappa shape index (κ2) is 6.88. The van der Waals surface area contributed by atoms with Gasteiger partial charge in [0.15, 0.2) is 0 Å². The van der Waals surface area contributed by atoms with Gasteiger partial charge >= 0.3 is 6.01 Å². The summed E-state index contributed by atoms with van der Waals surface area (Å²) >= 11 is 0. The van der Waals surface area contributed by atoms with E-state index in [9.17, 15) is 4.79 Å². The van der Waals surface area contributed by atoms with Crippen molar-refractivity contribution in [2.24, 2.45) is 0 Å². The van der Waals surface area contributed by atoms with Crippen LogP contribution in [0.4, 0.5) is 0 Å². The molecule has 25 heavy (non-hydrogen) atoms. The minimum atomic E-state index is 0.0560. The zero-order valence-corrected chi connectivity index (χ0v) is 13.8. The molecule has 0 spiro atoms. The number of benzene rings is 1. The fourth-order valence-electron chi connectivity index (χ4n) is 3.10. The van der Waals surface area contributed by atoms with E-state index in [1.807, 2.05) is 33.7 Å². The van der Waals surface area contributed by atoms with Crippen molar-refractivity contribution >= 4 is 16.9 Å². The van der Waals surface area contributed by atoms with Crippen molar-refractivity contribution in [1.29, 1.82) is 0 Å². The molecule has 128 valence electrons. The quantitative estimate of drug-likeness (QED) is 0.727. The standard InChI is InChI=1S/C18H19N5O2/c24-17(12-23-13-21-15-4-1-2-5-16(15)23)22-10-6-14(7-11-22)25-18-19-8-3-9-20-18/h1-5,8-9,13-14H,6-7,10-12H2. The van der Waals surface area contributed by atoms with E-state index in [2.05, 4.69) is 15.0 Å². The molecule has 1 fully saturated rings. The third kappa shape index (κ3) is 3.45. The fraction of sp³-hybridized carbons (Fsp3) is 0.333. The number of fused-ring (bicyclic) bond motifs is 1. The zero-order chi connectivity index (χ0) is 17.1. The first-order valence-corrected chi connectivity index (χ1v) is 8.41. The average Bonchev–Trinajstić information content (AvgIpc) is 3.06. The van der Waals surface area contributed by atoms with Crippen molar-refractivity contribution in [1.82, 2.24) is 24.4 Å². The van der Waals surface area contributed by atoms with Gasteiger partial charge in [-0.2, -0.15) is 0 Å². The van der Waals surface area contributed by atoms with Crippen molar-refractivity contribution in [3.8, 4) is 6.01 Å². The molecule has 0 N–H and O–H groups in total. The summed E-state index contributed by atoms with van der Waals surface area (Å²) < 4.78 is 7.67. The predicted molar refractivity (Wildman–Crippen MR) is 92.0 cm³/mol. The Morgan fingerprint density at radius 3 is 2.64 bits per heavy atom. The Labute approximate surface area is 145 Å². The van der Waals surface area contributed by atoms with E-state index in [1.54, 1.807) is 24.8 Å². The summed E-state index contributed by atoms with van der Waals surface area (Å²) in [6.45, 7) is 1.68. The number of nitrogens with zero attached hydrogens (tertiary/aromatic N) is 5. The Bertz CT molecular complexity index is 856. The van der Waals surface area contributed by atoms with Crippen LogP contribution in [0.15, 0.2) is 49.1 Å². The van der Waals surface area contributed by atoms with Crippen molar-refractivity contribution in [2.45, 2.75) is 25.5 Å². The Morgan fingerprint density at radius 2 is 1.84 bits per heavy atom. The van der Waals surface area contributed by atoms with Gasteiger partial charge in [-0.05, 0) is 18.2 Å². The molecule has 0 aliphatic carbocycles. The van der Waals surface area contributed by atoms with Crippen LogP contribution in [0, 0.1) is 0 Å². The summed E-state index contributed by atoms with van der Waals surface area (Å²) in [7, 11) is 0. The van der Waals surface area contributed by atoms with Crippen LogP contribution in [0.5, 0.6) is 6.01 Å². The number of carbonyl (C=O) groups excluding carboxylic acids is 1. The Balaban J connectivity index is 1.33.